The van der Waals surface area contributed by atoms with Crippen LogP contribution >= 0.6 is 0 Å². The second kappa shape index (κ2) is 19.2. The number of ether oxygens (including phenoxy) is 3. The van der Waals surface area contributed by atoms with Gasteiger partial charge in [-0.2, -0.15) is 0 Å². The highest BCUT2D eigenvalue weighted by Crippen LogP contribution is 2.29. The summed E-state index contributed by atoms with van der Waals surface area (Å²) >= 11 is 0. The minimum Gasteiger partial charge on any atom is -0.439 e. The highest BCUT2D eigenvalue weighted by molar-refractivity contribution is 6.23. The van der Waals surface area contributed by atoms with Gasteiger partial charge in [0.15, 0.2) is 6.10 Å². The zero-order valence-corrected chi connectivity index (χ0v) is 28.0. The van der Waals surface area contributed by atoms with Gasteiger partial charge in [-0.15, -0.1) is 0 Å². The van der Waals surface area contributed by atoms with Crippen LogP contribution in [0.25, 0.3) is 0 Å². The first-order valence-electron chi connectivity index (χ1n) is 15.9. The Balaban J connectivity index is 2.54. The largest absolute Gasteiger partial charge is 0.439 e. The Hall–Kier alpha value is -3.58. The van der Waals surface area contributed by atoms with Crippen LogP contribution in [0.3, 0.4) is 0 Å². The van der Waals surface area contributed by atoms with E-state index in [1.54, 1.807) is 32.1 Å². The molecule has 0 spiro atoms. The van der Waals surface area contributed by atoms with Crippen molar-refractivity contribution in [1.82, 2.24) is 10.6 Å². The number of methoxy groups -OCH3 is 2. The molecule has 2 bridgehead atoms. The third-order valence-electron chi connectivity index (χ3n) is 8.23. The van der Waals surface area contributed by atoms with E-state index >= 15 is 0 Å². The summed E-state index contributed by atoms with van der Waals surface area (Å²) in [5.74, 6) is -2.04. The second-order valence-corrected chi connectivity index (χ2v) is 12.1. The summed E-state index contributed by atoms with van der Waals surface area (Å²) in [5, 5.41) is 17.1. The monoisotopic (exact) mass is 644 g/mol. The molecule has 0 aromatic carbocycles. The predicted molar refractivity (Wildman–Crippen MR) is 175 cm³/mol. The van der Waals surface area contributed by atoms with Crippen LogP contribution in [0, 0.1) is 11.8 Å². The number of nitrogens with one attached hydrogen (secondary N) is 2. The maximum absolute atomic E-state index is 13.8. The van der Waals surface area contributed by atoms with Crippen LogP contribution in [-0.2, 0) is 28.6 Å². The van der Waals surface area contributed by atoms with E-state index < -0.39 is 53.9 Å². The van der Waals surface area contributed by atoms with Crippen molar-refractivity contribution < 1.29 is 38.5 Å². The minimum atomic E-state index is -0.997. The van der Waals surface area contributed by atoms with Crippen molar-refractivity contribution >= 4 is 23.6 Å². The number of amides is 2. The molecule has 0 radical (unpaired) electrons. The van der Waals surface area contributed by atoms with Crippen LogP contribution in [0.5, 0.6) is 0 Å². The van der Waals surface area contributed by atoms with Crippen LogP contribution < -0.4 is 22.1 Å². The molecule has 12 heteroatoms. The van der Waals surface area contributed by atoms with Crippen LogP contribution in [0.4, 0.5) is 4.79 Å². The fourth-order valence-electron chi connectivity index (χ4n) is 5.61. The van der Waals surface area contributed by atoms with E-state index in [0.29, 0.717) is 25.1 Å². The number of carbonyl (C=O) groups is 4. The van der Waals surface area contributed by atoms with Crippen molar-refractivity contribution in [3.05, 3.63) is 58.5 Å². The third-order valence-corrected chi connectivity index (χ3v) is 8.23. The van der Waals surface area contributed by atoms with Crippen molar-refractivity contribution in [1.29, 1.82) is 0 Å². The summed E-state index contributed by atoms with van der Waals surface area (Å²) in [6, 6.07) is 0. The number of ketones is 2. The molecule has 2 amide bonds. The van der Waals surface area contributed by atoms with Gasteiger partial charge in [-0.25, -0.2) is 4.79 Å². The zero-order valence-electron chi connectivity index (χ0n) is 28.0. The average Bonchev–Trinajstić information content (AvgIpc) is 3.01. The molecule has 2 aliphatic rings. The lowest BCUT2D eigenvalue weighted by Gasteiger charge is -2.30. The van der Waals surface area contributed by atoms with E-state index in [-0.39, 0.29) is 34.9 Å². The lowest BCUT2D eigenvalue weighted by atomic mass is 9.85. The van der Waals surface area contributed by atoms with Gasteiger partial charge in [0.25, 0.3) is 5.91 Å². The maximum atomic E-state index is 13.8. The summed E-state index contributed by atoms with van der Waals surface area (Å²) in [5.41, 5.74) is 12.2. The Morgan fingerprint density at radius 3 is 2.41 bits per heavy atom. The molecule has 2 rings (SSSR count). The number of allylic oxidation sites excluding steroid dienone is 4. The molecule has 0 aromatic heterocycles. The standard InChI is InChI=1S/C34H52N4O8/c1-20-16-24-29(37-15-10-8-7-9-14-35)26(39)19-25(31(24)41)38-33(42)21(2)12-11-13-27(44-5)32(46-34(36)43)23(4)18-22(3)30(40)28(17-20)45-6/h11-13,18-20,22,27-28,30,32,37,40H,7-10,14-17,35H2,1-6H3,(H2,36,43)(H,38,42)/b13-11-,21-12+,23-18+/t20-,22+,27?,28+,30-,32+/m1/s1. The number of primary amides is 1. The average molecular weight is 645 g/mol. The van der Waals surface area contributed by atoms with Gasteiger partial charge in [-0.05, 0) is 57.6 Å². The second-order valence-electron chi connectivity index (χ2n) is 12.1. The Morgan fingerprint density at radius 2 is 1.78 bits per heavy atom. The van der Waals surface area contributed by atoms with Gasteiger partial charge in [0.1, 0.15) is 6.10 Å². The van der Waals surface area contributed by atoms with Crippen molar-refractivity contribution in [3.8, 4) is 0 Å². The molecule has 0 saturated heterocycles. The van der Waals surface area contributed by atoms with E-state index in [2.05, 4.69) is 10.6 Å². The van der Waals surface area contributed by atoms with Crippen LogP contribution in [0.15, 0.2) is 58.5 Å². The van der Waals surface area contributed by atoms with Crippen LogP contribution in [0.2, 0.25) is 0 Å². The number of unbranched alkanes of at least 4 members (excludes halogenated alkanes) is 3. The third kappa shape index (κ3) is 11.3. The van der Waals surface area contributed by atoms with E-state index in [1.165, 1.54) is 20.3 Å². The van der Waals surface area contributed by atoms with Gasteiger partial charge < -0.3 is 41.4 Å². The first kappa shape index (κ1) is 38.6. The molecule has 7 N–H and O–H groups in total. The van der Waals surface area contributed by atoms with Crippen LogP contribution in [0.1, 0.15) is 66.2 Å². The molecule has 1 unspecified atom stereocenters. The number of carbonyl (C=O) groups excluding carboxylic acids is 4. The smallest absolute Gasteiger partial charge is 0.405 e. The highest BCUT2D eigenvalue weighted by atomic mass is 16.6. The van der Waals surface area contributed by atoms with Crippen molar-refractivity contribution in [2.75, 3.05) is 27.3 Å². The van der Waals surface area contributed by atoms with E-state index in [9.17, 15) is 24.3 Å². The quantitative estimate of drug-likeness (QED) is 0.134. The molecule has 0 fully saturated rings. The first-order chi connectivity index (χ1) is 21.8. The number of aliphatic hydroxyl groups excluding tert-OH is 1. The molecule has 1 heterocycles. The highest BCUT2D eigenvalue weighted by Gasteiger charge is 2.33. The number of hydrogen-bond acceptors (Lipinski definition) is 10. The number of Topliss-reactive ketones (excluding diaryl/α,β-unsaturated/α-hetero) is 1. The molecule has 0 saturated carbocycles. The lowest BCUT2D eigenvalue weighted by Crippen LogP contribution is -2.38. The Kier molecular flexibility index (Phi) is 16.1. The van der Waals surface area contributed by atoms with Crippen LogP contribution in [-0.4, -0.2) is 80.4 Å². The summed E-state index contributed by atoms with van der Waals surface area (Å²) in [7, 11) is 2.94. The van der Waals surface area contributed by atoms with Gasteiger partial charge in [0.05, 0.1) is 23.6 Å². The first-order valence-corrected chi connectivity index (χ1v) is 15.9. The Labute approximate surface area is 272 Å². The summed E-state index contributed by atoms with van der Waals surface area (Å²) in [6.07, 6.45) is 7.54. The molecule has 46 heavy (non-hydrogen) atoms. The lowest BCUT2D eigenvalue weighted by molar-refractivity contribution is -0.120. The minimum absolute atomic E-state index is 0.109. The molecule has 256 valence electrons. The summed E-state index contributed by atoms with van der Waals surface area (Å²) < 4.78 is 16.7. The van der Waals surface area contributed by atoms with Gasteiger partial charge in [0, 0.05) is 43.9 Å². The molecular weight excluding hydrogens is 592 g/mol. The van der Waals surface area contributed by atoms with Crippen molar-refractivity contribution in [2.45, 2.75) is 90.6 Å². The van der Waals surface area contributed by atoms with E-state index in [1.807, 2.05) is 13.8 Å². The molecule has 12 nitrogen and oxygen atoms in total. The number of fused-ring (bicyclic) bond motifs is 2. The topological polar surface area (TPSA) is 192 Å². The number of hydrogen-bond donors (Lipinski definition) is 5. The van der Waals surface area contributed by atoms with Crippen molar-refractivity contribution in [3.63, 3.8) is 0 Å². The van der Waals surface area contributed by atoms with E-state index in [4.69, 9.17) is 25.7 Å². The van der Waals surface area contributed by atoms with Gasteiger partial charge in [-0.3, -0.25) is 14.4 Å². The fourth-order valence-corrected chi connectivity index (χ4v) is 5.61. The SMILES string of the molecule is COC1/C=C\C=C(/C)C(=O)NC2=CC(=O)C(NCCCCCCN)=C(C[C@@H](C)C[C@H](OC)[C@H](O)[C@@H](C)/C=C(\C)[C@@H]1OC(N)=O)C2=O. The molecule has 1 aliphatic carbocycles. The molecule has 0 aromatic rings. The maximum Gasteiger partial charge on any atom is 0.405 e. The van der Waals surface area contributed by atoms with Gasteiger partial charge in [0.2, 0.25) is 11.6 Å². The summed E-state index contributed by atoms with van der Waals surface area (Å²) in [4.78, 5) is 52.0. The zero-order chi connectivity index (χ0) is 34.4. The normalized spacial score (nSPS) is 30.0. The van der Waals surface area contributed by atoms with Crippen molar-refractivity contribution in [2.24, 2.45) is 23.3 Å². The fraction of sp³-hybridized carbons (Fsp3) is 0.588. The molecular formula is C34H52N4O8. The van der Waals surface area contributed by atoms with E-state index in [0.717, 1.165) is 31.8 Å². The number of aliphatic hydroxyl groups is 1. The Bertz CT molecular complexity index is 1250. The number of nitrogens with two attached hydrogens (primary N) is 2. The predicted octanol–water partition coefficient (Wildman–Crippen LogP) is 2.87. The Morgan fingerprint density at radius 1 is 1.09 bits per heavy atom. The molecule has 6 atom stereocenters. The molecule has 1 aliphatic heterocycles. The summed E-state index contributed by atoms with van der Waals surface area (Å²) in [6.45, 7) is 8.17. The number of rotatable bonds is 10. The van der Waals surface area contributed by atoms with Gasteiger partial charge >= 0.3 is 6.09 Å². The van der Waals surface area contributed by atoms with Gasteiger partial charge in [-0.1, -0.05) is 51.0 Å².